The van der Waals surface area contributed by atoms with Crippen molar-refractivity contribution in [3.05, 3.63) is 36.0 Å². The largest absolute Gasteiger partial charge is 0.396 e. The van der Waals surface area contributed by atoms with Crippen molar-refractivity contribution in [3.63, 3.8) is 0 Å². The number of ether oxygens (including phenoxy) is 2. The van der Waals surface area contributed by atoms with E-state index in [0.717, 1.165) is 62.7 Å². The molecule has 0 aromatic carbocycles. The number of aliphatic hydroxyl groups is 2. The lowest BCUT2D eigenvalue weighted by Crippen LogP contribution is -2.55. The van der Waals surface area contributed by atoms with Crippen molar-refractivity contribution in [2.45, 2.75) is 102 Å². The maximum absolute atomic E-state index is 11.9. The summed E-state index contributed by atoms with van der Waals surface area (Å²) in [7, 11) is 0. The molecule has 5 aliphatic rings. The van der Waals surface area contributed by atoms with Crippen LogP contribution in [0.25, 0.3) is 0 Å². The number of aliphatic hydroxyl groups excluding tert-OH is 1. The molecule has 0 bridgehead atoms. The average molecular weight is 457 g/mol. The highest BCUT2D eigenvalue weighted by Crippen LogP contribution is 2.70. The van der Waals surface area contributed by atoms with Crippen LogP contribution in [-0.4, -0.2) is 41.4 Å². The summed E-state index contributed by atoms with van der Waals surface area (Å²) in [5.74, 6) is 1.39. The van der Waals surface area contributed by atoms with Gasteiger partial charge in [-0.05, 0) is 105 Å². The van der Waals surface area contributed by atoms with Gasteiger partial charge in [0.25, 0.3) is 0 Å². The van der Waals surface area contributed by atoms with Crippen LogP contribution >= 0.6 is 0 Å². The zero-order chi connectivity index (χ0) is 23.4. The van der Waals surface area contributed by atoms with E-state index >= 15 is 0 Å². The van der Waals surface area contributed by atoms with Crippen LogP contribution in [0.5, 0.6) is 0 Å². The van der Waals surface area contributed by atoms with Crippen molar-refractivity contribution < 1.29 is 19.7 Å². The van der Waals surface area contributed by atoms with Gasteiger partial charge in [-0.3, -0.25) is 0 Å². The third-order valence-corrected chi connectivity index (χ3v) is 10.6. The van der Waals surface area contributed by atoms with E-state index in [-0.39, 0.29) is 35.7 Å². The number of rotatable bonds is 5. The first-order valence-corrected chi connectivity index (χ1v) is 13.4. The number of hydrogen-bond acceptors (Lipinski definition) is 4. The molecule has 1 aliphatic heterocycles. The summed E-state index contributed by atoms with van der Waals surface area (Å²) < 4.78 is 12.3. The van der Waals surface area contributed by atoms with Crippen molar-refractivity contribution in [3.8, 4) is 0 Å². The molecule has 4 heteroatoms. The monoisotopic (exact) mass is 456 g/mol. The van der Waals surface area contributed by atoms with Gasteiger partial charge in [-0.1, -0.05) is 38.7 Å². The number of hydrogen-bond donors (Lipinski definition) is 2. The van der Waals surface area contributed by atoms with Crippen LogP contribution in [0.2, 0.25) is 0 Å². The Bertz CT molecular complexity index is 825. The zero-order valence-electron chi connectivity index (χ0n) is 20.8. The Hall–Kier alpha value is -0.940. The maximum Gasteiger partial charge on any atom is 0.157 e. The lowest BCUT2D eigenvalue weighted by Gasteiger charge is -2.59. The second-order valence-electron chi connectivity index (χ2n) is 12.1. The third-order valence-electron chi connectivity index (χ3n) is 10.6. The first-order valence-electron chi connectivity index (χ1n) is 13.4. The van der Waals surface area contributed by atoms with Crippen molar-refractivity contribution in [1.29, 1.82) is 0 Å². The molecule has 0 amide bonds. The van der Waals surface area contributed by atoms with Gasteiger partial charge in [0.05, 0.1) is 11.7 Å². The lowest BCUT2D eigenvalue weighted by atomic mass is 9.46. The van der Waals surface area contributed by atoms with E-state index in [0.29, 0.717) is 24.7 Å². The Morgan fingerprint density at radius 3 is 2.70 bits per heavy atom. The molecule has 0 aromatic rings. The third kappa shape index (κ3) is 3.54. The molecular formula is C29H44O4. The van der Waals surface area contributed by atoms with Crippen molar-refractivity contribution in [1.82, 2.24) is 0 Å². The van der Waals surface area contributed by atoms with Gasteiger partial charge in [-0.2, -0.15) is 0 Å². The van der Waals surface area contributed by atoms with Crippen LogP contribution in [0.4, 0.5) is 0 Å². The van der Waals surface area contributed by atoms with Crippen molar-refractivity contribution in [2.24, 2.45) is 28.6 Å². The molecule has 184 valence electrons. The summed E-state index contributed by atoms with van der Waals surface area (Å²) in [6.45, 7) is 14.5. The second-order valence-corrected chi connectivity index (χ2v) is 12.1. The van der Waals surface area contributed by atoms with E-state index in [1.54, 1.807) is 5.57 Å². The highest BCUT2D eigenvalue weighted by molar-refractivity contribution is 5.48. The van der Waals surface area contributed by atoms with Crippen molar-refractivity contribution >= 4 is 0 Å². The Labute approximate surface area is 200 Å². The Kier molecular flexibility index (Phi) is 6.21. The molecular weight excluding hydrogens is 412 g/mol. The van der Waals surface area contributed by atoms with E-state index in [2.05, 4.69) is 33.1 Å². The Morgan fingerprint density at radius 2 is 1.97 bits per heavy atom. The molecule has 3 unspecified atom stereocenters. The first-order chi connectivity index (χ1) is 15.7. The topological polar surface area (TPSA) is 58.9 Å². The summed E-state index contributed by atoms with van der Waals surface area (Å²) >= 11 is 0. The fourth-order valence-corrected chi connectivity index (χ4v) is 8.67. The fourth-order valence-electron chi connectivity index (χ4n) is 8.67. The molecule has 0 aromatic heterocycles. The smallest absolute Gasteiger partial charge is 0.157 e. The molecule has 4 aliphatic carbocycles. The van der Waals surface area contributed by atoms with Crippen LogP contribution in [0.15, 0.2) is 36.0 Å². The highest BCUT2D eigenvalue weighted by atomic mass is 16.7. The minimum absolute atomic E-state index is 0.00939. The summed E-state index contributed by atoms with van der Waals surface area (Å²) in [5.41, 5.74) is 2.52. The average Bonchev–Trinajstić information content (AvgIpc) is 2.96. The van der Waals surface area contributed by atoms with Crippen LogP contribution in [0.1, 0.15) is 84.5 Å². The molecule has 2 N–H and O–H groups in total. The molecule has 33 heavy (non-hydrogen) atoms. The van der Waals surface area contributed by atoms with Gasteiger partial charge < -0.3 is 19.7 Å². The van der Waals surface area contributed by atoms with Gasteiger partial charge in [0.2, 0.25) is 0 Å². The quantitative estimate of drug-likeness (QED) is 0.521. The van der Waals surface area contributed by atoms with Gasteiger partial charge in [-0.25, -0.2) is 0 Å². The molecule has 4 nitrogen and oxygen atoms in total. The lowest BCUT2D eigenvalue weighted by molar-refractivity contribution is -0.195. The summed E-state index contributed by atoms with van der Waals surface area (Å²) in [5, 5.41) is 21.3. The molecule has 1 saturated heterocycles. The normalized spacial score (nSPS) is 47.5. The standard InChI is InChI=1S/C29H44O4/c1-19-20(2)29(31,13-7-16-30)28(4)15-12-24-23(26(19)28)10-9-21-18-22(11-14-27(21,24)3)33-25-8-5-6-17-32-25/h9,22-26,30-31H,1-2,5-8,10-18H2,3-4H3/t22?,23-,24-,25?,26+,27+,28+,29?/m1/s1. The number of allylic oxidation sites excluding steroid dienone is 1. The predicted octanol–water partition coefficient (Wildman–Crippen LogP) is 5.70. The molecule has 3 saturated carbocycles. The van der Waals surface area contributed by atoms with Gasteiger partial charge in [0, 0.05) is 18.6 Å². The maximum atomic E-state index is 11.9. The molecule has 0 spiro atoms. The van der Waals surface area contributed by atoms with E-state index in [4.69, 9.17) is 9.47 Å². The van der Waals surface area contributed by atoms with E-state index in [1.165, 1.54) is 12.8 Å². The Balaban J connectivity index is 1.37. The van der Waals surface area contributed by atoms with Crippen LogP contribution in [0.3, 0.4) is 0 Å². The van der Waals surface area contributed by atoms with Crippen LogP contribution in [-0.2, 0) is 9.47 Å². The molecule has 0 radical (unpaired) electrons. The molecule has 4 fully saturated rings. The predicted molar refractivity (Wildman–Crippen MR) is 130 cm³/mol. The summed E-state index contributed by atoms with van der Waals surface area (Å²) in [4.78, 5) is 0. The molecule has 8 atom stereocenters. The van der Waals surface area contributed by atoms with Gasteiger partial charge in [0.1, 0.15) is 0 Å². The summed E-state index contributed by atoms with van der Waals surface area (Å²) in [6.07, 6.45) is 13.9. The van der Waals surface area contributed by atoms with E-state index in [9.17, 15) is 10.2 Å². The van der Waals surface area contributed by atoms with Crippen LogP contribution in [0, 0.1) is 28.6 Å². The Morgan fingerprint density at radius 1 is 1.15 bits per heavy atom. The fraction of sp³-hybridized carbons (Fsp3) is 0.793. The molecule has 1 heterocycles. The summed E-state index contributed by atoms with van der Waals surface area (Å²) in [6, 6.07) is 0. The SMILES string of the molecule is C=C1C(=C)C(O)(CCCO)[C@@]2(C)CC[C@@H]3[C@@H](CC=C4CC(OC5CCCCO5)CC[C@@]43C)[C@H]12. The minimum atomic E-state index is -0.946. The van der Waals surface area contributed by atoms with Gasteiger partial charge in [0.15, 0.2) is 6.29 Å². The van der Waals surface area contributed by atoms with E-state index < -0.39 is 5.60 Å². The second kappa shape index (κ2) is 8.62. The zero-order valence-corrected chi connectivity index (χ0v) is 20.8. The van der Waals surface area contributed by atoms with E-state index in [1.807, 2.05) is 0 Å². The van der Waals surface area contributed by atoms with Gasteiger partial charge in [-0.15, -0.1) is 0 Å². The van der Waals surface area contributed by atoms with Crippen molar-refractivity contribution in [2.75, 3.05) is 13.2 Å². The highest BCUT2D eigenvalue weighted by Gasteiger charge is 2.66. The number of fused-ring (bicyclic) bond motifs is 5. The van der Waals surface area contributed by atoms with Gasteiger partial charge >= 0.3 is 0 Å². The first kappa shape index (κ1) is 23.8. The molecule has 5 rings (SSSR count). The van der Waals surface area contributed by atoms with Crippen LogP contribution < -0.4 is 0 Å². The minimum Gasteiger partial charge on any atom is -0.396 e.